The first-order chi connectivity index (χ1) is 12.8. The number of hydrogen-bond acceptors (Lipinski definition) is 6. The Labute approximate surface area is 166 Å². The number of amides is 1. The first-order valence-electron chi connectivity index (χ1n) is 8.60. The minimum Gasteiger partial charge on any atom is -0.344 e. The number of nitrogens with zero attached hydrogens (tertiary/aromatic N) is 2. The van der Waals surface area contributed by atoms with Crippen LogP contribution in [0.4, 0.5) is 5.69 Å². The number of carbonyl (C=O) groups excluding carboxylic acids is 1. The highest BCUT2D eigenvalue weighted by Crippen LogP contribution is 2.42. The number of thioether (sulfide) groups is 1. The maximum atomic E-state index is 12.8. The van der Waals surface area contributed by atoms with E-state index in [1.54, 1.807) is 17.4 Å². The molecule has 142 valence electrons. The van der Waals surface area contributed by atoms with Gasteiger partial charge in [0.2, 0.25) is 0 Å². The van der Waals surface area contributed by atoms with Crippen molar-refractivity contribution in [2.75, 3.05) is 17.2 Å². The molecule has 9 heteroatoms. The molecule has 0 saturated heterocycles. The Bertz CT molecular complexity index is 1010. The first kappa shape index (κ1) is 18.5. The van der Waals surface area contributed by atoms with Crippen LogP contribution in [-0.2, 0) is 10.0 Å². The fourth-order valence-corrected chi connectivity index (χ4v) is 6.38. The van der Waals surface area contributed by atoms with Crippen LogP contribution >= 0.6 is 23.1 Å². The Kier molecular flexibility index (Phi) is 4.77. The van der Waals surface area contributed by atoms with Crippen molar-refractivity contribution in [1.29, 1.82) is 0 Å². The third-order valence-electron chi connectivity index (χ3n) is 4.54. The summed E-state index contributed by atoms with van der Waals surface area (Å²) in [6, 6.07) is 9.44. The molecule has 4 rings (SSSR count). The standard InChI is InChI=1S/C18H19N3O3S3/c1-11(2)16(14-4-3-8-25-14)19-17(22)12-5-6-13-15(10-12)26-18-20-27(23,24)9-7-21(13)18/h3-6,8,10-11,16H,7,9H2,1-2H3,(H,19,22). The number of hydrogen-bond donors (Lipinski definition) is 1. The molecule has 0 fully saturated rings. The molecule has 6 nitrogen and oxygen atoms in total. The normalized spacial score (nSPS) is 18.6. The van der Waals surface area contributed by atoms with Crippen LogP contribution in [-0.4, -0.2) is 31.8 Å². The second kappa shape index (κ2) is 6.96. The minimum atomic E-state index is -3.38. The largest absolute Gasteiger partial charge is 0.344 e. The number of anilines is 1. The van der Waals surface area contributed by atoms with E-state index >= 15 is 0 Å². The van der Waals surface area contributed by atoms with Crippen LogP contribution in [0.25, 0.3) is 0 Å². The summed E-state index contributed by atoms with van der Waals surface area (Å²) >= 11 is 2.93. The lowest BCUT2D eigenvalue weighted by Gasteiger charge is -2.22. The van der Waals surface area contributed by atoms with Gasteiger partial charge in [-0.2, -0.15) is 0 Å². The van der Waals surface area contributed by atoms with E-state index in [1.165, 1.54) is 11.8 Å². The molecule has 0 aliphatic carbocycles. The van der Waals surface area contributed by atoms with E-state index in [2.05, 4.69) is 23.6 Å². The van der Waals surface area contributed by atoms with E-state index < -0.39 is 10.0 Å². The molecule has 1 unspecified atom stereocenters. The zero-order valence-electron chi connectivity index (χ0n) is 14.9. The van der Waals surface area contributed by atoms with Gasteiger partial charge in [-0.3, -0.25) is 4.79 Å². The minimum absolute atomic E-state index is 0.00954. The van der Waals surface area contributed by atoms with E-state index in [-0.39, 0.29) is 23.6 Å². The number of carbonyl (C=O) groups is 1. The SMILES string of the molecule is CC(C)C(NC(=O)c1ccc2c(c1)SC1=NS(=O)(=O)CCN12)c1cccs1. The van der Waals surface area contributed by atoms with Crippen LogP contribution in [0.15, 0.2) is 45.0 Å². The Morgan fingerprint density at radius 2 is 2.11 bits per heavy atom. The van der Waals surface area contributed by atoms with Gasteiger partial charge in [0.05, 0.1) is 17.5 Å². The van der Waals surface area contributed by atoms with E-state index in [4.69, 9.17) is 0 Å². The second-order valence-electron chi connectivity index (χ2n) is 6.81. The lowest BCUT2D eigenvalue weighted by Crippen LogP contribution is -2.35. The maximum absolute atomic E-state index is 12.8. The molecule has 1 aromatic heterocycles. The molecule has 27 heavy (non-hydrogen) atoms. The average molecular weight is 422 g/mol. The van der Waals surface area contributed by atoms with Crippen molar-refractivity contribution in [3.8, 4) is 0 Å². The van der Waals surface area contributed by atoms with Gasteiger partial charge in [0.15, 0.2) is 5.17 Å². The highest BCUT2D eigenvalue weighted by Gasteiger charge is 2.33. The zero-order valence-corrected chi connectivity index (χ0v) is 17.3. The van der Waals surface area contributed by atoms with Crippen LogP contribution in [0.2, 0.25) is 0 Å². The lowest BCUT2D eigenvalue weighted by molar-refractivity contribution is 0.0926. The van der Waals surface area contributed by atoms with Crippen LogP contribution in [0.3, 0.4) is 0 Å². The van der Waals surface area contributed by atoms with E-state index in [9.17, 15) is 13.2 Å². The number of amidine groups is 1. The molecule has 0 saturated carbocycles. The molecular formula is C18H19N3O3S3. The van der Waals surface area contributed by atoms with Gasteiger partial charge in [0, 0.05) is 21.9 Å². The lowest BCUT2D eigenvalue weighted by atomic mass is 10.0. The molecule has 1 atom stereocenters. The van der Waals surface area contributed by atoms with Crippen molar-refractivity contribution in [2.24, 2.45) is 10.3 Å². The number of benzene rings is 1. The molecule has 0 bridgehead atoms. The molecule has 1 amide bonds. The van der Waals surface area contributed by atoms with Crippen molar-refractivity contribution in [2.45, 2.75) is 24.8 Å². The Hall–Kier alpha value is -1.84. The fraction of sp³-hybridized carbons (Fsp3) is 0.333. The predicted molar refractivity (Wildman–Crippen MR) is 110 cm³/mol. The number of thiophene rings is 1. The zero-order chi connectivity index (χ0) is 19.2. The van der Waals surface area contributed by atoms with Crippen molar-refractivity contribution >= 4 is 49.9 Å². The molecule has 2 aliphatic rings. The van der Waals surface area contributed by atoms with Gasteiger partial charge in [-0.15, -0.1) is 15.7 Å². The average Bonchev–Trinajstić information content (AvgIpc) is 3.24. The third-order valence-corrected chi connectivity index (χ3v) is 7.80. The summed E-state index contributed by atoms with van der Waals surface area (Å²) in [4.78, 5) is 16.7. The second-order valence-corrected chi connectivity index (χ2v) is 10.5. The van der Waals surface area contributed by atoms with Gasteiger partial charge in [-0.05, 0) is 47.3 Å². The van der Waals surface area contributed by atoms with Gasteiger partial charge in [-0.25, -0.2) is 8.42 Å². The number of rotatable bonds is 4. The fourth-order valence-electron chi connectivity index (χ4n) is 3.13. The number of sulfonamides is 1. The molecule has 3 heterocycles. The molecule has 2 aliphatic heterocycles. The highest BCUT2D eigenvalue weighted by molar-refractivity contribution is 8.15. The van der Waals surface area contributed by atoms with Crippen molar-refractivity contribution in [3.63, 3.8) is 0 Å². The van der Waals surface area contributed by atoms with Crippen molar-refractivity contribution in [3.05, 3.63) is 46.2 Å². The molecule has 0 radical (unpaired) electrons. The van der Waals surface area contributed by atoms with E-state index in [0.29, 0.717) is 17.3 Å². The van der Waals surface area contributed by atoms with Gasteiger partial charge in [0.25, 0.3) is 15.9 Å². The third kappa shape index (κ3) is 3.63. The molecule has 1 aromatic carbocycles. The summed E-state index contributed by atoms with van der Waals surface area (Å²) in [6.07, 6.45) is 0. The van der Waals surface area contributed by atoms with Crippen molar-refractivity contribution < 1.29 is 13.2 Å². The molecule has 0 spiro atoms. The van der Waals surface area contributed by atoms with E-state index in [1.807, 2.05) is 34.5 Å². The summed E-state index contributed by atoms with van der Waals surface area (Å²) in [5, 5.41) is 5.60. The predicted octanol–water partition coefficient (Wildman–Crippen LogP) is 3.49. The first-order valence-corrected chi connectivity index (χ1v) is 11.9. The quantitative estimate of drug-likeness (QED) is 0.818. The summed E-state index contributed by atoms with van der Waals surface area (Å²) in [6.45, 7) is 4.56. The summed E-state index contributed by atoms with van der Waals surface area (Å²) < 4.78 is 27.3. The van der Waals surface area contributed by atoms with Gasteiger partial charge >= 0.3 is 0 Å². The van der Waals surface area contributed by atoms with E-state index in [0.717, 1.165) is 15.5 Å². The maximum Gasteiger partial charge on any atom is 0.257 e. The highest BCUT2D eigenvalue weighted by atomic mass is 32.2. The van der Waals surface area contributed by atoms with Crippen LogP contribution in [0.5, 0.6) is 0 Å². The topological polar surface area (TPSA) is 78.8 Å². The Morgan fingerprint density at radius 1 is 1.30 bits per heavy atom. The van der Waals surface area contributed by atoms with Gasteiger partial charge in [-0.1, -0.05) is 19.9 Å². The van der Waals surface area contributed by atoms with Crippen LogP contribution in [0.1, 0.15) is 35.1 Å². The smallest absolute Gasteiger partial charge is 0.257 e. The summed E-state index contributed by atoms with van der Waals surface area (Å²) in [5.41, 5.74) is 1.47. The number of fused-ring (bicyclic) bond motifs is 3. The summed E-state index contributed by atoms with van der Waals surface area (Å²) in [5.74, 6) is 0.144. The molecule has 1 N–H and O–H groups in total. The Morgan fingerprint density at radius 3 is 2.81 bits per heavy atom. The Balaban J connectivity index is 1.58. The van der Waals surface area contributed by atoms with Gasteiger partial charge in [0.1, 0.15) is 0 Å². The number of nitrogens with one attached hydrogen (secondary N) is 1. The molecule has 2 aromatic rings. The summed E-state index contributed by atoms with van der Waals surface area (Å²) in [7, 11) is -3.38. The van der Waals surface area contributed by atoms with Crippen molar-refractivity contribution in [1.82, 2.24) is 5.32 Å². The van der Waals surface area contributed by atoms with Crippen LogP contribution < -0.4 is 10.2 Å². The molecular weight excluding hydrogens is 402 g/mol. The van der Waals surface area contributed by atoms with Crippen LogP contribution in [0, 0.1) is 5.92 Å². The monoisotopic (exact) mass is 421 g/mol. The van der Waals surface area contributed by atoms with Gasteiger partial charge < -0.3 is 10.2 Å².